The summed E-state index contributed by atoms with van der Waals surface area (Å²) in [5.74, 6) is -1.39. The second-order valence-electron chi connectivity index (χ2n) is 12.2. The molecule has 2 rings (SSSR count). The number of aryl methyl sites for hydroxylation is 2. The third-order valence-corrected chi connectivity index (χ3v) is 8.20. The van der Waals surface area contributed by atoms with Gasteiger partial charge in [0.1, 0.15) is 0 Å². The Labute approximate surface area is 287 Å². The van der Waals surface area contributed by atoms with Gasteiger partial charge >= 0.3 is 18.1 Å². The standard InChI is InChI=1S/C39H58O9/c1-5-9-11-13-15-17-19-21-35(45-47-37(40)33-27-23-31(7-3)24-28-33)43-39(42)44-36(22-20-18-16-14-12-10-6-2)46-48-38(41)34-29-25-32(8-4)26-30-34/h23-30,35-36H,5-22H2,1-4H3. The highest BCUT2D eigenvalue weighted by molar-refractivity contribution is 5.89. The minimum atomic E-state index is -1.19. The first-order valence-electron chi connectivity index (χ1n) is 18.2. The molecule has 0 saturated heterocycles. The van der Waals surface area contributed by atoms with Crippen molar-refractivity contribution in [1.29, 1.82) is 0 Å². The van der Waals surface area contributed by atoms with Crippen molar-refractivity contribution in [1.82, 2.24) is 0 Å². The third kappa shape index (κ3) is 17.6. The molecule has 2 atom stereocenters. The smallest absolute Gasteiger partial charge is 0.400 e. The fraction of sp³-hybridized carbons (Fsp3) is 0.615. The van der Waals surface area contributed by atoms with Gasteiger partial charge in [0.2, 0.25) is 12.6 Å². The number of unbranched alkanes of at least 4 members (excludes halogenated alkanes) is 12. The molecule has 9 nitrogen and oxygen atoms in total. The fourth-order valence-electron chi connectivity index (χ4n) is 5.08. The predicted octanol–water partition coefficient (Wildman–Crippen LogP) is 10.8. The molecule has 0 spiro atoms. The van der Waals surface area contributed by atoms with Crippen molar-refractivity contribution in [2.24, 2.45) is 0 Å². The maximum Gasteiger partial charge on any atom is 0.513 e. The molecule has 2 aromatic carbocycles. The molecule has 0 saturated carbocycles. The average Bonchev–Trinajstić information content (AvgIpc) is 3.11. The number of carbonyl (C=O) groups is 3. The Morgan fingerprint density at radius 3 is 1.15 bits per heavy atom. The van der Waals surface area contributed by atoms with Crippen molar-refractivity contribution in [3.63, 3.8) is 0 Å². The third-order valence-electron chi connectivity index (χ3n) is 8.20. The average molecular weight is 671 g/mol. The van der Waals surface area contributed by atoms with E-state index in [0.717, 1.165) is 62.5 Å². The molecule has 0 N–H and O–H groups in total. The number of carbonyl (C=O) groups excluding carboxylic acids is 3. The highest BCUT2D eigenvalue weighted by atomic mass is 17.2. The molecule has 2 unspecified atom stereocenters. The molecule has 0 bridgehead atoms. The first-order chi connectivity index (χ1) is 23.4. The lowest BCUT2D eigenvalue weighted by molar-refractivity contribution is -0.348. The van der Waals surface area contributed by atoms with Crippen molar-refractivity contribution in [2.45, 2.75) is 156 Å². The molecule has 0 radical (unpaired) electrons. The van der Waals surface area contributed by atoms with Gasteiger partial charge < -0.3 is 9.47 Å². The van der Waals surface area contributed by atoms with E-state index in [1.807, 2.05) is 38.1 Å². The number of benzene rings is 2. The summed E-state index contributed by atoms with van der Waals surface area (Å²) < 4.78 is 10.9. The summed E-state index contributed by atoms with van der Waals surface area (Å²) in [4.78, 5) is 59.0. The number of ether oxygens (including phenoxy) is 2. The van der Waals surface area contributed by atoms with E-state index in [-0.39, 0.29) is 0 Å². The van der Waals surface area contributed by atoms with Crippen LogP contribution in [0.2, 0.25) is 0 Å². The van der Waals surface area contributed by atoms with Crippen LogP contribution < -0.4 is 0 Å². The highest BCUT2D eigenvalue weighted by Gasteiger charge is 2.25. The van der Waals surface area contributed by atoms with Crippen LogP contribution in [0.25, 0.3) is 0 Å². The molecule has 0 amide bonds. The highest BCUT2D eigenvalue weighted by Crippen LogP contribution is 2.18. The minimum Gasteiger partial charge on any atom is -0.400 e. The zero-order valence-corrected chi connectivity index (χ0v) is 29.7. The van der Waals surface area contributed by atoms with Crippen LogP contribution in [0.4, 0.5) is 4.79 Å². The monoisotopic (exact) mass is 670 g/mol. The largest absolute Gasteiger partial charge is 0.513 e. The zero-order chi connectivity index (χ0) is 34.8. The van der Waals surface area contributed by atoms with E-state index in [0.29, 0.717) is 36.8 Å². The number of rotatable bonds is 26. The Morgan fingerprint density at radius 1 is 0.479 bits per heavy atom. The van der Waals surface area contributed by atoms with E-state index in [4.69, 9.17) is 29.0 Å². The maximum absolute atomic E-state index is 13.0. The van der Waals surface area contributed by atoms with Crippen LogP contribution in [0.1, 0.15) is 162 Å². The zero-order valence-electron chi connectivity index (χ0n) is 29.7. The lowest BCUT2D eigenvalue weighted by Gasteiger charge is -2.20. The van der Waals surface area contributed by atoms with E-state index >= 15 is 0 Å². The molecule has 2 aromatic rings. The summed E-state index contributed by atoms with van der Waals surface area (Å²) in [6.07, 6.45) is 13.5. The van der Waals surface area contributed by atoms with Crippen molar-refractivity contribution in [2.75, 3.05) is 0 Å². The molecule has 0 aliphatic carbocycles. The molecule has 0 aliphatic heterocycles. The Balaban J connectivity index is 1.99. The van der Waals surface area contributed by atoms with Crippen molar-refractivity contribution in [3.8, 4) is 0 Å². The van der Waals surface area contributed by atoms with Gasteiger partial charge in [-0.3, -0.25) is 9.78 Å². The van der Waals surface area contributed by atoms with Crippen molar-refractivity contribution < 1.29 is 43.4 Å². The maximum atomic E-state index is 13.0. The first-order valence-corrected chi connectivity index (χ1v) is 18.2. The minimum absolute atomic E-state index is 0.303. The van der Waals surface area contributed by atoms with Gasteiger partial charge in [0.05, 0.1) is 11.1 Å². The number of hydrogen-bond acceptors (Lipinski definition) is 9. The Morgan fingerprint density at radius 2 is 0.812 bits per heavy atom. The fourth-order valence-corrected chi connectivity index (χ4v) is 5.08. The molecule has 0 aromatic heterocycles. The van der Waals surface area contributed by atoms with Gasteiger partial charge in [-0.15, -0.1) is 9.78 Å². The van der Waals surface area contributed by atoms with Gasteiger partial charge in [-0.25, -0.2) is 14.4 Å². The van der Waals surface area contributed by atoms with Crippen LogP contribution in [-0.2, 0) is 41.9 Å². The molecule has 0 heterocycles. The number of hydrogen-bond donors (Lipinski definition) is 0. The summed E-state index contributed by atoms with van der Waals surface area (Å²) in [6.45, 7) is 8.41. The summed E-state index contributed by atoms with van der Waals surface area (Å²) in [7, 11) is 0. The van der Waals surface area contributed by atoms with Gasteiger partial charge in [0, 0.05) is 12.8 Å². The van der Waals surface area contributed by atoms with Gasteiger partial charge in [-0.05, 0) is 61.1 Å². The molecule has 268 valence electrons. The molecular weight excluding hydrogens is 612 g/mol. The van der Waals surface area contributed by atoms with E-state index in [1.54, 1.807) is 24.3 Å². The molecular formula is C39H58O9. The summed E-state index contributed by atoms with van der Waals surface area (Å²) in [5, 5.41) is 0. The normalized spacial score (nSPS) is 12.2. The Kier molecular flexibility index (Phi) is 21.7. The molecule has 48 heavy (non-hydrogen) atoms. The second kappa shape index (κ2) is 25.6. The van der Waals surface area contributed by atoms with Crippen LogP contribution in [0.15, 0.2) is 48.5 Å². The summed E-state index contributed by atoms with van der Waals surface area (Å²) in [5.41, 5.74) is 2.81. The van der Waals surface area contributed by atoms with Gasteiger partial charge in [0.15, 0.2) is 0 Å². The van der Waals surface area contributed by atoms with Gasteiger partial charge in [-0.1, -0.05) is 129 Å². The van der Waals surface area contributed by atoms with Crippen LogP contribution in [0.3, 0.4) is 0 Å². The lowest BCUT2D eigenvalue weighted by Crippen LogP contribution is -2.28. The van der Waals surface area contributed by atoms with E-state index < -0.39 is 30.7 Å². The van der Waals surface area contributed by atoms with E-state index in [9.17, 15) is 14.4 Å². The first kappa shape index (κ1) is 40.7. The van der Waals surface area contributed by atoms with Crippen LogP contribution in [0, 0.1) is 0 Å². The van der Waals surface area contributed by atoms with Crippen molar-refractivity contribution >= 4 is 18.1 Å². The van der Waals surface area contributed by atoms with Gasteiger partial charge in [0.25, 0.3) is 0 Å². The van der Waals surface area contributed by atoms with Crippen LogP contribution in [-0.4, -0.2) is 30.7 Å². The Bertz CT molecular complexity index is 1060. The van der Waals surface area contributed by atoms with E-state index in [1.165, 1.54) is 38.5 Å². The lowest BCUT2D eigenvalue weighted by atomic mass is 10.1. The predicted molar refractivity (Wildman–Crippen MR) is 185 cm³/mol. The quantitative estimate of drug-likeness (QED) is 0.0318. The SMILES string of the molecule is CCCCCCCCCC(OOC(=O)c1ccc(CC)cc1)OC(=O)OC(CCCCCCCCC)OOC(=O)c1ccc(CC)cc1. The van der Waals surface area contributed by atoms with Crippen LogP contribution in [0.5, 0.6) is 0 Å². The second-order valence-corrected chi connectivity index (χ2v) is 12.2. The molecule has 0 aliphatic rings. The van der Waals surface area contributed by atoms with E-state index in [2.05, 4.69) is 13.8 Å². The summed E-state index contributed by atoms with van der Waals surface area (Å²) >= 11 is 0. The van der Waals surface area contributed by atoms with Gasteiger partial charge in [-0.2, -0.15) is 0 Å². The summed E-state index contributed by atoms with van der Waals surface area (Å²) in [6, 6.07) is 14.0. The topological polar surface area (TPSA) is 107 Å². The Hall–Kier alpha value is -3.43. The van der Waals surface area contributed by atoms with Crippen LogP contribution >= 0.6 is 0 Å². The molecule has 9 heteroatoms. The van der Waals surface area contributed by atoms with Crippen molar-refractivity contribution in [3.05, 3.63) is 70.8 Å². The molecule has 0 fully saturated rings.